The van der Waals surface area contributed by atoms with Gasteiger partial charge in [-0.15, -0.1) is 0 Å². The lowest BCUT2D eigenvalue weighted by molar-refractivity contribution is -0.186. The maximum Gasteiger partial charge on any atom is 0.312 e. The van der Waals surface area contributed by atoms with E-state index in [0.717, 1.165) is 13.1 Å². The third-order valence-corrected chi connectivity index (χ3v) is 2.16. The Morgan fingerprint density at radius 1 is 1.40 bits per heavy atom. The molecular weight excluding hydrogens is 130 g/mol. The second-order valence-corrected chi connectivity index (χ2v) is 2.89. The minimum Gasteiger partial charge on any atom is -0.446 e. The molecule has 0 bridgehead atoms. The van der Waals surface area contributed by atoms with Crippen LogP contribution in [0.1, 0.15) is 19.3 Å². The first kappa shape index (κ1) is 6.16. The van der Waals surface area contributed by atoms with Crippen LogP contribution in [-0.4, -0.2) is 30.2 Å². The minimum absolute atomic E-state index is 0.0445. The van der Waals surface area contributed by atoms with Crippen molar-refractivity contribution >= 4 is 5.97 Å². The van der Waals surface area contributed by atoms with Gasteiger partial charge in [-0.3, -0.25) is 9.69 Å². The highest BCUT2D eigenvalue weighted by molar-refractivity contribution is 5.74. The molecule has 56 valence electrons. The van der Waals surface area contributed by atoms with Crippen LogP contribution in [0.2, 0.25) is 0 Å². The summed E-state index contributed by atoms with van der Waals surface area (Å²) in [6, 6.07) is 0. The van der Waals surface area contributed by atoms with Gasteiger partial charge in [0.05, 0.1) is 6.42 Å². The van der Waals surface area contributed by atoms with Crippen LogP contribution in [0.3, 0.4) is 0 Å². The van der Waals surface area contributed by atoms with Crippen molar-refractivity contribution in [2.45, 2.75) is 25.5 Å². The number of ether oxygens (including phenoxy) is 1. The van der Waals surface area contributed by atoms with Gasteiger partial charge < -0.3 is 4.74 Å². The van der Waals surface area contributed by atoms with E-state index in [0.29, 0.717) is 6.42 Å². The molecule has 0 amide bonds. The molecule has 1 unspecified atom stereocenters. The summed E-state index contributed by atoms with van der Waals surface area (Å²) in [4.78, 5) is 12.7. The molecule has 0 aliphatic carbocycles. The summed E-state index contributed by atoms with van der Waals surface area (Å²) < 4.78 is 4.91. The van der Waals surface area contributed by atoms with Gasteiger partial charge in [-0.2, -0.15) is 0 Å². The number of cyclic esters (lactones) is 1. The summed E-state index contributed by atoms with van der Waals surface area (Å²) in [5.41, 5.74) is 0. The normalized spacial score (nSPS) is 33.6. The van der Waals surface area contributed by atoms with Gasteiger partial charge in [-0.1, -0.05) is 0 Å². The van der Waals surface area contributed by atoms with Crippen molar-refractivity contribution in [1.82, 2.24) is 4.90 Å². The Morgan fingerprint density at radius 2 is 2.00 bits per heavy atom. The van der Waals surface area contributed by atoms with Crippen LogP contribution < -0.4 is 0 Å². The second kappa shape index (κ2) is 2.23. The highest BCUT2D eigenvalue weighted by Gasteiger charge is 2.34. The molecule has 3 nitrogen and oxygen atoms in total. The fourth-order valence-corrected chi connectivity index (χ4v) is 1.52. The summed E-state index contributed by atoms with van der Waals surface area (Å²) >= 11 is 0. The van der Waals surface area contributed by atoms with Crippen LogP contribution in [0.5, 0.6) is 0 Å². The molecule has 3 heteroatoms. The van der Waals surface area contributed by atoms with Gasteiger partial charge >= 0.3 is 5.97 Å². The molecule has 2 aliphatic heterocycles. The number of hydrogen-bond donors (Lipinski definition) is 0. The average Bonchev–Trinajstić information content (AvgIpc) is 2.31. The van der Waals surface area contributed by atoms with E-state index in [1.807, 2.05) is 0 Å². The Labute approximate surface area is 60.0 Å². The molecule has 0 aromatic rings. The first-order chi connectivity index (χ1) is 4.86. The molecule has 10 heavy (non-hydrogen) atoms. The summed E-state index contributed by atoms with van der Waals surface area (Å²) in [6.07, 6.45) is 3.26. The zero-order valence-electron chi connectivity index (χ0n) is 5.88. The summed E-state index contributed by atoms with van der Waals surface area (Å²) in [6.45, 7) is 2.22. The molecule has 2 saturated heterocycles. The molecule has 2 aliphatic rings. The number of nitrogens with zero attached hydrogens (tertiary/aromatic N) is 1. The summed E-state index contributed by atoms with van der Waals surface area (Å²) in [5.74, 6) is -0.0445. The van der Waals surface area contributed by atoms with Gasteiger partial charge in [0.15, 0.2) is 6.23 Å². The molecule has 0 N–H and O–H groups in total. The molecular formula is C7H11NO2. The van der Waals surface area contributed by atoms with Crippen LogP contribution in [0.25, 0.3) is 0 Å². The van der Waals surface area contributed by atoms with E-state index in [4.69, 9.17) is 4.74 Å². The van der Waals surface area contributed by atoms with E-state index >= 15 is 0 Å². The number of carbonyl (C=O) groups excluding carboxylic acids is 1. The standard InChI is InChI=1S/C7H11NO2/c9-7-5-6(10-7)8-3-1-2-4-8/h6H,1-5H2. The van der Waals surface area contributed by atoms with Gasteiger partial charge in [0.1, 0.15) is 0 Å². The SMILES string of the molecule is O=C1CC(N2CCCC2)O1. The lowest BCUT2D eigenvalue weighted by Crippen LogP contribution is -2.45. The first-order valence-electron chi connectivity index (χ1n) is 3.80. The Bertz CT molecular complexity index is 144. The lowest BCUT2D eigenvalue weighted by Gasteiger charge is -2.33. The van der Waals surface area contributed by atoms with E-state index in [9.17, 15) is 4.79 Å². The highest BCUT2D eigenvalue weighted by Crippen LogP contribution is 2.21. The smallest absolute Gasteiger partial charge is 0.312 e. The fourth-order valence-electron chi connectivity index (χ4n) is 1.52. The highest BCUT2D eigenvalue weighted by atomic mass is 16.6. The zero-order valence-corrected chi connectivity index (χ0v) is 5.88. The molecule has 2 fully saturated rings. The predicted octanol–water partition coefficient (Wildman–Crippen LogP) is 0.355. The summed E-state index contributed by atoms with van der Waals surface area (Å²) in [5, 5.41) is 0. The van der Waals surface area contributed by atoms with Crippen LogP contribution >= 0.6 is 0 Å². The van der Waals surface area contributed by atoms with Gasteiger partial charge in [0.25, 0.3) is 0 Å². The Hall–Kier alpha value is -0.570. The van der Waals surface area contributed by atoms with Crippen LogP contribution in [-0.2, 0) is 9.53 Å². The van der Waals surface area contributed by atoms with Crippen molar-refractivity contribution in [3.63, 3.8) is 0 Å². The van der Waals surface area contributed by atoms with E-state index in [2.05, 4.69) is 4.90 Å². The van der Waals surface area contributed by atoms with Crippen LogP contribution in [0.15, 0.2) is 0 Å². The van der Waals surface area contributed by atoms with Crippen molar-refractivity contribution in [3.05, 3.63) is 0 Å². The largest absolute Gasteiger partial charge is 0.446 e. The van der Waals surface area contributed by atoms with Crippen LogP contribution in [0.4, 0.5) is 0 Å². The Balaban J connectivity index is 1.83. The minimum atomic E-state index is -0.0445. The fraction of sp³-hybridized carbons (Fsp3) is 0.857. The van der Waals surface area contributed by atoms with Gasteiger partial charge in [0.2, 0.25) is 0 Å². The van der Waals surface area contributed by atoms with E-state index in [1.54, 1.807) is 0 Å². The van der Waals surface area contributed by atoms with Gasteiger partial charge in [-0.05, 0) is 12.8 Å². The lowest BCUT2D eigenvalue weighted by atomic mass is 10.3. The van der Waals surface area contributed by atoms with Crippen molar-refractivity contribution in [2.75, 3.05) is 13.1 Å². The van der Waals surface area contributed by atoms with Crippen molar-refractivity contribution in [1.29, 1.82) is 0 Å². The topological polar surface area (TPSA) is 29.5 Å². The maximum absolute atomic E-state index is 10.4. The third-order valence-electron chi connectivity index (χ3n) is 2.16. The monoisotopic (exact) mass is 141 g/mol. The number of esters is 1. The molecule has 2 rings (SSSR count). The van der Waals surface area contributed by atoms with Gasteiger partial charge in [-0.25, -0.2) is 0 Å². The summed E-state index contributed by atoms with van der Waals surface area (Å²) in [7, 11) is 0. The van der Waals surface area contributed by atoms with Gasteiger partial charge in [0, 0.05) is 13.1 Å². The molecule has 0 spiro atoms. The molecule has 0 aromatic carbocycles. The average molecular weight is 141 g/mol. The van der Waals surface area contributed by atoms with E-state index in [1.165, 1.54) is 12.8 Å². The number of hydrogen-bond acceptors (Lipinski definition) is 3. The molecule has 0 saturated carbocycles. The first-order valence-corrected chi connectivity index (χ1v) is 3.80. The van der Waals surface area contributed by atoms with Crippen molar-refractivity contribution < 1.29 is 9.53 Å². The molecule has 1 atom stereocenters. The van der Waals surface area contributed by atoms with Crippen molar-refractivity contribution in [3.8, 4) is 0 Å². The van der Waals surface area contributed by atoms with E-state index < -0.39 is 0 Å². The maximum atomic E-state index is 10.4. The molecule has 0 aromatic heterocycles. The number of likely N-dealkylation sites (tertiary alicyclic amines) is 1. The van der Waals surface area contributed by atoms with Crippen LogP contribution in [0, 0.1) is 0 Å². The quantitative estimate of drug-likeness (QED) is 0.494. The third kappa shape index (κ3) is 0.904. The Morgan fingerprint density at radius 3 is 2.50 bits per heavy atom. The Kier molecular flexibility index (Phi) is 1.38. The molecule has 0 radical (unpaired) electrons. The number of rotatable bonds is 1. The zero-order chi connectivity index (χ0) is 6.97. The predicted molar refractivity (Wildman–Crippen MR) is 35.3 cm³/mol. The number of carbonyl (C=O) groups is 1. The van der Waals surface area contributed by atoms with E-state index in [-0.39, 0.29) is 12.2 Å². The molecule has 2 heterocycles. The second-order valence-electron chi connectivity index (χ2n) is 2.89. The van der Waals surface area contributed by atoms with Crippen molar-refractivity contribution in [2.24, 2.45) is 0 Å².